The topological polar surface area (TPSA) is 20.0 Å². The highest BCUT2D eigenvalue weighted by atomic mass is 15.1. The summed E-state index contributed by atoms with van der Waals surface area (Å²) in [7, 11) is 4.25. The quantitative estimate of drug-likeness (QED) is 0.620. The first-order valence-electron chi connectivity index (χ1n) is 8.71. The number of pyridine rings is 2. The molecule has 0 spiro atoms. The fourth-order valence-corrected chi connectivity index (χ4v) is 4.12. The molecule has 0 fully saturated rings. The van der Waals surface area contributed by atoms with E-state index in [1.54, 1.807) is 0 Å². The average molecular weight is 330 g/mol. The fourth-order valence-electron chi connectivity index (χ4n) is 4.12. The van der Waals surface area contributed by atoms with Gasteiger partial charge in [0.2, 0.25) is 5.69 Å². The summed E-state index contributed by atoms with van der Waals surface area (Å²) >= 11 is 0. The first-order valence-corrected chi connectivity index (χ1v) is 8.71. The molecule has 1 aromatic carbocycles. The number of aryl methyl sites for hydroxylation is 2. The molecule has 3 nitrogen and oxygen atoms in total. The van der Waals surface area contributed by atoms with Crippen LogP contribution in [0.25, 0.3) is 11.3 Å². The van der Waals surface area contributed by atoms with E-state index in [1.807, 2.05) is 12.3 Å². The van der Waals surface area contributed by atoms with Crippen molar-refractivity contribution in [2.24, 2.45) is 7.05 Å². The van der Waals surface area contributed by atoms with Gasteiger partial charge in [-0.3, -0.25) is 4.98 Å². The van der Waals surface area contributed by atoms with E-state index in [0.717, 1.165) is 5.69 Å². The predicted molar refractivity (Wildman–Crippen MR) is 102 cm³/mol. The molecular formula is C22H24N3+. The van der Waals surface area contributed by atoms with Gasteiger partial charge in [0.25, 0.3) is 0 Å². The van der Waals surface area contributed by atoms with Crippen LogP contribution in [-0.4, -0.2) is 12.0 Å². The lowest BCUT2D eigenvalue weighted by Crippen LogP contribution is -2.35. The molecule has 3 heteroatoms. The number of hydrogen-bond acceptors (Lipinski definition) is 2. The second-order valence-electron chi connectivity index (χ2n) is 7.40. The van der Waals surface area contributed by atoms with Crippen molar-refractivity contribution in [3.05, 3.63) is 71.7 Å². The number of rotatable bonds is 1. The number of nitrogens with zero attached hydrogens (tertiary/aromatic N) is 3. The van der Waals surface area contributed by atoms with Gasteiger partial charge in [0.1, 0.15) is 7.05 Å². The highest BCUT2D eigenvalue weighted by molar-refractivity contribution is 5.84. The lowest BCUT2D eigenvalue weighted by atomic mass is 9.73. The molecular weight excluding hydrogens is 306 g/mol. The second-order valence-corrected chi connectivity index (χ2v) is 7.40. The van der Waals surface area contributed by atoms with E-state index in [9.17, 15) is 0 Å². The third kappa shape index (κ3) is 2.19. The van der Waals surface area contributed by atoms with Gasteiger partial charge >= 0.3 is 0 Å². The van der Waals surface area contributed by atoms with Gasteiger partial charge in [-0.1, -0.05) is 6.07 Å². The molecule has 1 aliphatic rings. The minimum atomic E-state index is -0.164. The monoisotopic (exact) mass is 330 g/mol. The van der Waals surface area contributed by atoms with Gasteiger partial charge < -0.3 is 4.90 Å². The highest BCUT2D eigenvalue weighted by Gasteiger charge is 2.40. The predicted octanol–water partition coefficient (Wildman–Crippen LogP) is 4.29. The normalized spacial score (nSPS) is 14.8. The molecule has 1 aliphatic heterocycles. The Morgan fingerprint density at radius 3 is 2.56 bits per heavy atom. The van der Waals surface area contributed by atoms with Crippen LogP contribution in [0.5, 0.6) is 0 Å². The zero-order chi connectivity index (χ0) is 17.8. The average Bonchev–Trinajstić information content (AvgIpc) is 2.61. The molecule has 0 saturated carbocycles. The highest BCUT2D eigenvalue weighted by Crippen LogP contribution is 2.51. The summed E-state index contributed by atoms with van der Waals surface area (Å²) in [5.74, 6) is 0. The van der Waals surface area contributed by atoms with E-state index < -0.39 is 0 Å². The molecule has 0 amide bonds. The van der Waals surface area contributed by atoms with Crippen LogP contribution >= 0.6 is 0 Å². The van der Waals surface area contributed by atoms with Gasteiger partial charge in [0, 0.05) is 42.0 Å². The van der Waals surface area contributed by atoms with Crippen molar-refractivity contribution in [3.63, 3.8) is 0 Å². The van der Waals surface area contributed by atoms with E-state index in [4.69, 9.17) is 4.98 Å². The van der Waals surface area contributed by atoms with Crippen LogP contribution in [0, 0.1) is 6.92 Å². The molecule has 0 atom stereocenters. The molecule has 0 unspecified atom stereocenters. The largest absolute Gasteiger partial charge is 0.343 e. The first kappa shape index (κ1) is 15.8. The maximum atomic E-state index is 4.76. The molecule has 0 radical (unpaired) electrons. The van der Waals surface area contributed by atoms with Crippen LogP contribution in [0.1, 0.15) is 30.7 Å². The van der Waals surface area contributed by atoms with E-state index in [-0.39, 0.29) is 5.41 Å². The molecule has 4 rings (SSSR count). The summed E-state index contributed by atoms with van der Waals surface area (Å²) in [4.78, 5) is 7.03. The number of hydrogen-bond donors (Lipinski definition) is 0. The smallest absolute Gasteiger partial charge is 0.212 e. The van der Waals surface area contributed by atoms with Crippen LogP contribution in [0.3, 0.4) is 0 Å². The van der Waals surface area contributed by atoms with Gasteiger partial charge in [-0.05, 0) is 50.6 Å². The zero-order valence-corrected chi connectivity index (χ0v) is 15.5. The van der Waals surface area contributed by atoms with E-state index in [1.165, 1.54) is 33.8 Å². The molecule has 0 N–H and O–H groups in total. The Hall–Kier alpha value is -2.68. The Kier molecular flexibility index (Phi) is 3.43. The lowest BCUT2D eigenvalue weighted by molar-refractivity contribution is -0.660. The second kappa shape index (κ2) is 5.41. The summed E-state index contributed by atoms with van der Waals surface area (Å²) in [6.45, 7) is 6.78. The number of benzene rings is 1. The molecule has 3 heterocycles. The maximum Gasteiger partial charge on any atom is 0.212 e. The summed E-state index contributed by atoms with van der Waals surface area (Å²) < 4.78 is 2.20. The standard InChI is InChI=1S/C22H24N3/c1-15-11-12-17-20(19(15)16-9-6-7-14-24(16)4)22(2,3)21-18(25(17)5)10-8-13-23-21/h6-14H,1-5H3/q+1. The SMILES string of the molecule is Cc1ccc2c(c1-c1cccc[n+]1C)C(C)(C)c1ncccc1N2C. The van der Waals surface area contributed by atoms with Gasteiger partial charge in [-0.15, -0.1) is 0 Å². The molecule has 126 valence electrons. The first-order chi connectivity index (χ1) is 11.9. The number of aromatic nitrogens is 2. The van der Waals surface area contributed by atoms with Gasteiger partial charge in [-0.25, -0.2) is 4.57 Å². The molecule has 0 saturated heterocycles. The van der Waals surface area contributed by atoms with Crippen LogP contribution in [-0.2, 0) is 12.5 Å². The Balaban J connectivity index is 2.10. The summed E-state index contributed by atoms with van der Waals surface area (Å²) in [6.07, 6.45) is 4.01. The van der Waals surface area contributed by atoms with Crippen molar-refractivity contribution in [2.45, 2.75) is 26.2 Å². The third-order valence-electron chi connectivity index (χ3n) is 5.43. The van der Waals surface area contributed by atoms with E-state index in [0.29, 0.717) is 0 Å². The van der Waals surface area contributed by atoms with Crippen LogP contribution in [0.2, 0.25) is 0 Å². The third-order valence-corrected chi connectivity index (χ3v) is 5.43. The minimum Gasteiger partial charge on any atom is -0.343 e. The molecule has 0 aliphatic carbocycles. The van der Waals surface area contributed by atoms with Crippen LogP contribution in [0.15, 0.2) is 54.9 Å². The minimum absolute atomic E-state index is 0.164. The van der Waals surface area contributed by atoms with Crippen molar-refractivity contribution in [1.82, 2.24) is 4.98 Å². The Morgan fingerprint density at radius 2 is 1.80 bits per heavy atom. The van der Waals surface area contributed by atoms with Crippen molar-refractivity contribution >= 4 is 11.4 Å². The molecule has 2 aromatic heterocycles. The summed E-state index contributed by atoms with van der Waals surface area (Å²) in [5, 5.41) is 0. The van der Waals surface area contributed by atoms with E-state index in [2.05, 4.69) is 86.9 Å². The molecule has 25 heavy (non-hydrogen) atoms. The lowest BCUT2D eigenvalue weighted by Gasteiger charge is -2.40. The molecule has 0 bridgehead atoms. The van der Waals surface area contributed by atoms with Crippen molar-refractivity contribution < 1.29 is 4.57 Å². The Morgan fingerprint density at radius 1 is 1.00 bits per heavy atom. The van der Waals surface area contributed by atoms with Crippen LogP contribution in [0.4, 0.5) is 11.4 Å². The van der Waals surface area contributed by atoms with Gasteiger partial charge in [0.15, 0.2) is 6.20 Å². The summed E-state index contributed by atoms with van der Waals surface area (Å²) in [5.41, 5.74) is 8.61. The van der Waals surface area contributed by atoms with Gasteiger partial charge in [-0.2, -0.15) is 0 Å². The van der Waals surface area contributed by atoms with Crippen molar-refractivity contribution in [1.29, 1.82) is 0 Å². The maximum absolute atomic E-state index is 4.76. The van der Waals surface area contributed by atoms with Crippen molar-refractivity contribution in [3.8, 4) is 11.3 Å². The number of fused-ring (bicyclic) bond motifs is 2. The number of anilines is 2. The molecule has 3 aromatic rings. The fraction of sp³-hybridized carbons (Fsp3) is 0.273. The zero-order valence-electron chi connectivity index (χ0n) is 15.5. The van der Waals surface area contributed by atoms with Crippen molar-refractivity contribution in [2.75, 3.05) is 11.9 Å². The Bertz CT molecular complexity index is 973. The van der Waals surface area contributed by atoms with Crippen LogP contribution < -0.4 is 9.47 Å². The van der Waals surface area contributed by atoms with E-state index >= 15 is 0 Å². The summed E-state index contributed by atoms with van der Waals surface area (Å²) in [6, 6.07) is 15.0. The van der Waals surface area contributed by atoms with Gasteiger partial charge in [0.05, 0.1) is 16.9 Å². The Labute approximate surface area is 149 Å².